The SMILES string of the molecule is CC1CN(Cc2ccccc2F)CC(C)O1. The highest BCUT2D eigenvalue weighted by Crippen LogP contribution is 2.15. The lowest BCUT2D eigenvalue weighted by molar-refractivity contribution is -0.0707. The topological polar surface area (TPSA) is 12.5 Å². The largest absolute Gasteiger partial charge is 0.373 e. The van der Waals surface area contributed by atoms with Gasteiger partial charge < -0.3 is 4.74 Å². The van der Waals surface area contributed by atoms with E-state index in [1.54, 1.807) is 6.07 Å². The molecule has 1 heterocycles. The summed E-state index contributed by atoms with van der Waals surface area (Å²) in [7, 11) is 0. The van der Waals surface area contributed by atoms with Crippen molar-refractivity contribution in [3.8, 4) is 0 Å². The molecule has 0 radical (unpaired) electrons. The third kappa shape index (κ3) is 2.80. The molecule has 0 aliphatic carbocycles. The number of ether oxygens (including phenoxy) is 1. The fourth-order valence-electron chi connectivity index (χ4n) is 2.28. The number of hydrogen-bond donors (Lipinski definition) is 0. The van der Waals surface area contributed by atoms with E-state index in [2.05, 4.69) is 18.7 Å². The molecule has 0 saturated carbocycles. The first-order chi connectivity index (χ1) is 7.65. The molecule has 1 aromatic rings. The summed E-state index contributed by atoms with van der Waals surface area (Å²) < 4.78 is 19.1. The van der Waals surface area contributed by atoms with Crippen LogP contribution >= 0.6 is 0 Å². The van der Waals surface area contributed by atoms with Gasteiger partial charge in [0.1, 0.15) is 5.82 Å². The summed E-state index contributed by atoms with van der Waals surface area (Å²) in [4.78, 5) is 2.25. The lowest BCUT2D eigenvalue weighted by atomic mass is 10.1. The zero-order valence-corrected chi connectivity index (χ0v) is 9.82. The van der Waals surface area contributed by atoms with Crippen LogP contribution in [0.15, 0.2) is 24.3 Å². The molecule has 1 aliphatic rings. The average Bonchev–Trinajstić information content (AvgIpc) is 2.20. The van der Waals surface area contributed by atoms with E-state index < -0.39 is 0 Å². The van der Waals surface area contributed by atoms with Crippen LogP contribution < -0.4 is 0 Å². The van der Waals surface area contributed by atoms with E-state index in [9.17, 15) is 4.39 Å². The van der Waals surface area contributed by atoms with E-state index in [1.807, 2.05) is 12.1 Å². The Hall–Kier alpha value is -0.930. The van der Waals surface area contributed by atoms with Crippen LogP contribution in [0.4, 0.5) is 4.39 Å². The highest BCUT2D eigenvalue weighted by molar-refractivity contribution is 5.17. The standard InChI is InChI=1S/C13H18FNO/c1-10-7-15(8-11(2)16-10)9-12-5-3-4-6-13(12)14/h3-6,10-11H,7-9H2,1-2H3. The lowest BCUT2D eigenvalue weighted by Gasteiger charge is -2.35. The van der Waals surface area contributed by atoms with Gasteiger partial charge >= 0.3 is 0 Å². The van der Waals surface area contributed by atoms with Crippen molar-refractivity contribution in [2.24, 2.45) is 0 Å². The molecule has 1 fully saturated rings. The van der Waals surface area contributed by atoms with E-state index in [0.29, 0.717) is 6.54 Å². The van der Waals surface area contributed by atoms with Gasteiger partial charge in [0.25, 0.3) is 0 Å². The fraction of sp³-hybridized carbons (Fsp3) is 0.538. The maximum atomic E-state index is 13.5. The highest BCUT2D eigenvalue weighted by Gasteiger charge is 2.22. The molecule has 3 heteroatoms. The Balaban J connectivity index is 2.02. The molecule has 2 atom stereocenters. The zero-order valence-electron chi connectivity index (χ0n) is 9.82. The molecule has 1 aliphatic heterocycles. The molecule has 0 amide bonds. The quantitative estimate of drug-likeness (QED) is 0.763. The van der Waals surface area contributed by atoms with Gasteiger partial charge in [0.15, 0.2) is 0 Å². The van der Waals surface area contributed by atoms with E-state index >= 15 is 0 Å². The minimum atomic E-state index is -0.116. The van der Waals surface area contributed by atoms with Gasteiger partial charge in [-0.15, -0.1) is 0 Å². The maximum Gasteiger partial charge on any atom is 0.127 e. The van der Waals surface area contributed by atoms with Crippen molar-refractivity contribution in [3.05, 3.63) is 35.6 Å². The van der Waals surface area contributed by atoms with Gasteiger partial charge in [-0.1, -0.05) is 18.2 Å². The number of rotatable bonds is 2. The number of hydrogen-bond acceptors (Lipinski definition) is 2. The summed E-state index contributed by atoms with van der Waals surface area (Å²) >= 11 is 0. The molecule has 0 N–H and O–H groups in total. The molecule has 2 rings (SSSR count). The number of benzene rings is 1. The van der Waals surface area contributed by atoms with Crippen LogP contribution in [0.5, 0.6) is 0 Å². The van der Waals surface area contributed by atoms with Crippen LogP contribution in [0.25, 0.3) is 0 Å². The molecule has 88 valence electrons. The number of nitrogens with zero attached hydrogens (tertiary/aromatic N) is 1. The molecule has 0 bridgehead atoms. The second kappa shape index (κ2) is 4.93. The summed E-state index contributed by atoms with van der Waals surface area (Å²) in [6, 6.07) is 6.97. The molecule has 2 unspecified atom stereocenters. The van der Waals surface area contributed by atoms with E-state index in [4.69, 9.17) is 4.74 Å². The first-order valence-electron chi connectivity index (χ1n) is 5.76. The third-order valence-corrected chi connectivity index (χ3v) is 2.85. The first kappa shape index (κ1) is 11.6. The van der Waals surface area contributed by atoms with Crippen molar-refractivity contribution in [2.75, 3.05) is 13.1 Å². The Labute approximate surface area is 96.0 Å². The Morgan fingerprint density at radius 1 is 1.25 bits per heavy atom. The predicted octanol–water partition coefficient (Wildman–Crippen LogP) is 2.43. The van der Waals surface area contributed by atoms with Crippen molar-refractivity contribution in [1.82, 2.24) is 4.90 Å². The summed E-state index contributed by atoms with van der Waals surface area (Å²) in [5.41, 5.74) is 0.767. The normalized spacial score (nSPS) is 26.9. The Morgan fingerprint density at radius 3 is 2.50 bits per heavy atom. The van der Waals surface area contributed by atoms with Crippen LogP contribution in [0, 0.1) is 5.82 Å². The maximum absolute atomic E-state index is 13.5. The summed E-state index contributed by atoms with van der Waals surface area (Å²) in [6.45, 7) is 6.54. The zero-order chi connectivity index (χ0) is 11.5. The van der Waals surface area contributed by atoms with Gasteiger partial charge in [-0.05, 0) is 19.9 Å². The Bertz CT molecular complexity index is 346. The molecule has 1 aromatic carbocycles. The molecular formula is C13H18FNO. The van der Waals surface area contributed by atoms with Gasteiger partial charge in [0.2, 0.25) is 0 Å². The van der Waals surface area contributed by atoms with Crippen LogP contribution in [0.1, 0.15) is 19.4 Å². The first-order valence-corrected chi connectivity index (χ1v) is 5.76. The van der Waals surface area contributed by atoms with Crippen molar-refractivity contribution in [1.29, 1.82) is 0 Å². The molecule has 0 aromatic heterocycles. The predicted molar refractivity (Wildman–Crippen MR) is 61.7 cm³/mol. The second-order valence-electron chi connectivity index (χ2n) is 4.54. The fourth-order valence-corrected chi connectivity index (χ4v) is 2.28. The van der Waals surface area contributed by atoms with Crippen LogP contribution in [0.3, 0.4) is 0 Å². The smallest absolute Gasteiger partial charge is 0.127 e. The summed E-state index contributed by atoms with van der Waals surface area (Å²) in [6.07, 6.45) is 0.464. The number of halogens is 1. The minimum Gasteiger partial charge on any atom is -0.373 e. The monoisotopic (exact) mass is 223 g/mol. The van der Waals surface area contributed by atoms with E-state index in [-0.39, 0.29) is 18.0 Å². The molecule has 2 nitrogen and oxygen atoms in total. The van der Waals surface area contributed by atoms with Crippen molar-refractivity contribution in [2.45, 2.75) is 32.6 Å². The van der Waals surface area contributed by atoms with E-state index in [1.165, 1.54) is 6.07 Å². The highest BCUT2D eigenvalue weighted by atomic mass is 19.1. The Kier molecular flexibility index (Phi) is 3.56. The van der Waals surface area contributed by atoms with Crippen molar-refractivity contribution < 1.29 is 9.13 Å². The average molecular weight is 223 g/mol. The van der Waals surface area contributed by atoms with Crippen LogP contribution in [-0.2, 0) is 11.3 Å². The molecule has 1 saturated heterocycles. The van der Waals surface area contributed by atoms with Crippen molar-refractivity contribution >= 4 is 0 Å². The molecular weight excluding hydrogens is 205 g/mol. The van der Waals surface area contributed by atoms with Crippen molar-refractivity contribution in [3.63, 3.8) is 0 Å². The van der Waals surface area contributed by atoms with E-state index in [0.717, 1.165) is 18.7 Å². The van der Waals surface area contributed by atoms with Gasteiger partial charge in [-0.25, -0.2) is 4.39 Å². The summed E-state index contributed by atoms with van der Waals surface area (Å²) in [5.74, 6) is -0.116. The van der Waals surface area contributed by atoms with Crippen LogP contribution in [0.2, 0.25) is 0 Å². The van der Waals surface area contributed by atoms with Gasteiger partial charge in [-0.3, -0.25) is 4.90 Å². The van der Waals surface area contributed by atoms with Gasteiger partial charge in [-0.2, -0.15) is 0 Å². The van der Waals surface area contributed by atoms with Gasteiger partial charge in [0, 0.05) is 25.2 Å². The Morgan fingerprint density at radius 2 is 1.88 bits per heavy atom. The van der Waals surface area contributed by atoms with Gasteiger partial charge in [0.05, 0.1) is 12.2 Å². The molecule has 0 spiro atoms. The second-order valence-corrected chi connectivity index (χ2v) is 4.54. The lowest BCUT2D eigenvalue weighted by Crippen LogP contribution is -2.44. The summed E-state index contributed by atoms with van der Waals surface area (Å²) in [5, 5.41) is 0. The molecule has 16 heavy (non-hydrogen) atoms. The number of morpholine rings is 1. The van der Waals surface area contributed by atoms with Crippen LogP contribution in [-0.4, -0.2) is 30.2 Å². The minimum absolute atomic E-state index is 0.116. The third-order valence-electron chi connectivity index (χ3n) is 2.85.